The number of carbonyl (C=O) groups is 1. The first-order valence-corrected chi connectivity index (χ1v) is 8.64. The van der Waals surface area contributed by atoms with Crippen molar-refractivity contribution in [2.24, 2.45) is 0 Å². The highest BCUT2D eigenvalue weighted by molar-refractivity contribution is 14.2. The standard InChI is InChI=1S/C9H19IN2O3S/c1-11-2-4-14-6-7-15-5-3-12-9(13)8-16-10/h11H,2-8H2,1H3,(H,12,13). The second kappa shape index (κ2) is 13.5. The van der Waals surface area contributed by atoms with Gasteiger partial charge in [0.05, 0.1) is 32.2 Å². The lowest BCUT2D eigenvalue weighted by Gasteiger charge is -2.06. The lowest BCUT2D eigenvalue weighted by Crippen LogP contribution is -2.28. The number of amides is 1. The first-order valence-electron chi connectivity index (χ1n) is 5.11. The van der Waals surface area contributed by atoms with E-state index in [2.05, 4.69) is 31.8 Å². The van der Waals surface area contributed by atoms with Gasteiger partial charge in [0.25, 0.3) is 0 Å². The molecule has 0 aliphatic carbocycles. The Hall–Kier alpha value is 0.430. The smallest absolute Gasteiger partial charge is 0.230 e. The third-order valence-corrected chi connectivity index (χ3v) is 2.93. The number of carbonyl (C=O) groups excluding carboxylic acids is 1. The van der Waals surface area contributed by atoms with Crippen molar-refractivity contribution in [1.29, 1.82) is 0 Å². The molecule has 0 unspecified atom stereocenters. The summed E-state index contributed by atoms with van der Waals surface area (Å²) < 4.78 is 10.5. The summed E-state index contributed by atoms with van der Waals surface area (Å²) in [7, 11) is 3.37. The summed E-state index contributed by atoms with van der Waals surface area (Å²) in [6.07, 6.45) is 0. The molecule has 0 radical (unpaired) electrons. The fourth-order valence-corrected chi connectivity index (χ4v) is 1.91. The number of halogens is 1. The molecule has 0 bridgehead atoms. The van der Waals surface area contributed by atoms with Gasteiger partial charge in [-0.2, -0.15) is 0 Å². The van der Waals surface area contributed by atoms with E-state index in [0.29, 0.717) is 38.7 Å². The van der Waals surface area contributed by atoms with Gasteiger partial charge in [-0.3, -0.25) is 4.79 Å². The molecule has 0 aromatic carbocycles. The number of rotatable bonds is 11. The molecule has 0 saturated heterocycles. The van der Waals surface area contributed by atoms with E-state index < -0.39 is 0 Å². The van der Waals surface area contributed by atoms with Crippen molar-refractivity contribution >= 4 is 36.0 Å². The molecule has 0 atom stereocenters. The van der Waals surface area contributed by atoms with Gasteiger partial charge in [-0.25, -0.2) is 0 Å². The van der Waals surface area contributed by atoms with Crippen molar-refractivity contribution in [2.45, 2.75) is 0 Å². The van der Waals surface area contributed by atoms with Crippen molar-refractivity contribution in [3.8, 4) is 0 Å². The third kappa shape index (κ3) is 12.5. The van der Waals surface area contributed by atoms with Crippen LogP contribution in [0.5, 0.6) is 0 Å². The maximum absolute atomic E-state index is 11.0. The molecule has 0 aliphatic heterocycles. The summed E-state index contributed by atoms with van der Waals surface area (Å²) in [5, 5.41) is 5.74. The van der Waals surface area contributed by atoms with Crippen molar-refractivity contribution in [3.63, 3.8) is 0 Å². The van der Waals surface area contributed by atoms with Gasteiger partial charge in [-0.05, 0) is 28.3 Å². The lowest BCUT2D eigenvalue weighted by molar-refractivity contribution is -0.118. The molecule has 0 fully saturated rings. The van der Waals surface area contributed by atoms with Crippen LogP contribution in [0.4, 0.5) is 0 Å². The van der Waals surface area contributed by atoms with Crippen LogP contribution in [0.25, 0.3) is 0 Å². The fourth-order valence-electron chi connectivity index (χ4n) is 0.859. The largest absolute Gasteiger partial charge is 0.378 e. The number of hydrogen-bond donors (Lipinski definition) is 2. The van der Waals surface area contributed by atoms with E-state index in [9.17, 15) is 4.79 Å². The molecule has 7 heteroatoms. The van der Waals surface area contributed by atoms with Gasteiger partial charge in [0, 0.05) is 13.1 Å². The summed E-state index contributed by atoms with van der Waals surface area (Å²) in [5.74, 6) is 0.543. The summed E-state index contributed by atoms with van der Waals surface area (Å²) in [6, 6.07) is 0. The number of hydrogen-bond acceptors (Lipinski definition) is 5. The van der Waals surface area contributed by atoms with E-state index in [-0.39, 0.29) is 5.91 Å². The molecule has 16 heavy (non-hydrogen) atoms. The molecule has 0 aromatic rings. The second-order valence-corrected chi connectivity index (χ2v) is 5.31. The Kier molecular flexibility index (Phi) is 13.9. The third-order valence-electron chi connectivity index (χ3n) is 1.62. The van der Waals surface area contributed by atoms with Crippen LogP contribution in [0.15, 0.2) is 0 Å². The predicted molar refractivity (Wildman–Crippen MR) is 75.1 cm³/mol. The number of likely N-dealkylation sites (N-methyl/N-ethyl adjacent to an activating group) is 1. The van der Waals surface area contributed by atoms with Crippen LogP contribution in [-0.2, 0) is 14.3 Å². The zero-order valence-corrected chi connectivity index (χ0v) is 12.4. The highest BCUT2D eigenvalue weighted by Gasteiger charge is 1.98. The van der Waals surface area contributed by atoms with Gasteiger partial charge in [-0.1, -0.05) is 8.93 Å². The Morgan fingerprint density at radius 1 is 1.19 bits per heavy atom. The summed E-state index contributed by atoms with van der Waals surface area (Å²) >= 11 is 2.10. The van der Waals surface area contributed by atoms with Crippen molar-refractivity contribution in [3.05, 3.63) is 0 Å². The quantitative estimate of drug-likeness (QED) is 0.413. The van der Waals surface area contributed by atoms with Crippen LogP contribution in [0, 0.1) is 0 Å². The van der Waals surface area contributed by atoms with Crippen LogP contribution in [-0.4, -0.2) is 58.2 Å². The molecule has 0 rings (SSSR count). The Balaban J connectivity index is 3.01. The van der Waals surface area contributed by atoms with Gasteiger partial charge in [0.1, 0.15) is 0 Å². The van der Waals surface area contributed by atoms with Gasteiger partial charge < -0.3 is 20.1 Å². The molecule has 0 heterocycles. The van der Waals surface area contributed by atoms with Crippen molar-refractivity contribution < 1.29 is 14.3 Å². The molecule has 0 aliphatic rings. The Bertz CT molecular complexity index is 175. The molecule has 0 saturated carbocycles. The molecular weight excluding hydrogens is 343 g/mol. The Morgan fingerprint density at radius 2 is 1.81 bits per heavy atom. The maximum Gasteiger partial charge on any atom is 0.230 e. The number of ether oxygens (including phenoxy) is 2. The monoisotopic (exact) mass is 362 g/mol. The van der Waals surface area contributed by atoms with E-state index in [4.69, 9.17) is 9.47 Å². The predicted octanol–water partition coefficient (Wildman–Crippen LogP) is 0.438. The van der Waals surface area contributed by atoms with Crippen LogP contribution in [0.1, 0.15) is 0 Å². The minimum Gasteiger partial charge on any atom is -0.378 e. The van der Waals surface area contributed by atoms with Crippen molar-refractivity contribution in [2.75, 3.05) is 52.3 Å². The second-order valence-electron chi connectivity index (χ2n) is 2.93. The van der Waals surface area contributed by atoms with E-state index in [1.807, 2.05) is 7.05 Å². The zero-order chi connectivity index (χ0) is 12.1. The van der Waals surface area contributed by atoms with E-state index in [1.54, 1.807) is 0 Å². The highest BCUT2D eigenvalue weighted by Crippen LogP contribution is 2.08. The van der Waals surface area contributed by atoms with Gasteiger partial charge in [0.15, 0.2) is 0 Å². The SMILES string of the molecule is CNCCOCCOCCNC(=O)CSI. The minimum absolute atomic E-state index is 0.0493. The summed E-state index contributed by atoms with van der Waals surface area (Å²) in [5.41, 5.74) is 0. The summed E-state index contributed by atoms with van der Waals surface area (Å²) in [4.78, 5) is 11.0. The molecule has 0 spiro atoms. The lowest BCUT2D eigenvalue weighted by atomic mass is 10.6. The zero-order valence-electron chi connectivity index (χ0n) is 9.46. The molecule has 5 nitrogen and oxygen atoms in total. The average molecular weight is 362 g/mol. The first kappa shape index (κ1) is 16.4. The van der Waals surface area contributed by atoms with Crippen molar-refractivity contribution in [1.82, 2.24) is 10.6 Å². The molecule has 1 amide bonds. The fraction of sp³-hybridized carbons (Fsp3) is 0.889. The minimum atomic E-state index is 0.0493. The van der Waals surface area contributed by atoms with Crippen LogP contribution in [0.2, 0.25) is 0 Å². The molecule has 96 valence electrons. The van der Waals surface area contributed by atoms with Crippen LogP contribution in [0.3, 0.4) is 0 Å². The first-order chi connectivity index (χ1) is 7.81. The van der Waals surface area contributed by atoms with Crippen LogP contribution >= 0.6 is 30.1 Å². The van der Waals surface area contributed by atoms with Gasteiger partial charge >= 0.3 is 0 Å². The van der Waals surface area contributed by atoms with E-state index in [0.717, 1.165) is 6.54 Å². The molecule has 0 aromatic heterocycles. The topological polar surface area (TPSA) is 59.6 Å². The molecular formula is C9H19IN2O3S. The highest BCUT2D eigenvalue weighted by atomic mass is 127. The molecule has 2 N–H and O–H groups in total. The summed E-state index contributed by atoms with van der Waals surface area (Å²) in [6.45, 7) is 3.81. The Morgan fingerprint density at radius 3 is 2.38 bits per heavy atom. The maximum atomic E-state index is 11.0. The van der Waals surface area contributed by atoms with Crippen LogP contribution < -0.4 is 10.6 Å². The Labute approximate surface area is 113 Å². The van der Waals surface area contributed by atoms with E-state index >= 15 is 0 Å². The van der Waals surface area contributed by atoms with Gasteiger partial charge in [-0.15, -0.1) is 0 Å². The normalized spacial score (nSPS) is 10.4. The average Bonchev–Trinajstić information content (AvgIpc) is 2.27. The number of nitrogens with one attached hydrogen (secondary N) is 2. The van der Waals surface area contributed by atoms with Gasteiger partial charge in [0.2, 0.25) is 5.91 Å². The van der Waals surface area contributed by atoms with E-state index in [1.165, 1.54) is 8.93 Å².